The molecule has 2 aliphatic heterocycles. The van der Waals surface area contributed by atoms with E-state index >= 15 is 0 Å². The summed E-state index contributed by atoms with van der Waals surface area (Å²) in [5.74, 6) is 0.460. The summed E-state index contributed by atoms with van der Waals surface area (Å²) >= 11 is 0. The van der Waals surface area contributed by atoms with Crippen LogP contribution in [-0.2, 0) is 11.0 Å². The maximum absolute atomic E-state index is 12.7. The zero-order valence-corrected chi connectivity index (χ0v) is 15.7. The summed E-state index contributed by atoms with van der Waals surface area (Å²) in [7, 11) is 0. The van der Waals surface area contributed by atoms with E-state index in [-0.39, 0.29) is 18.0 Å². The van der Waals surface area contributed by atoms with E-state index in [1.807, 2.05) is 6.92 Å². The van der Waals surface area contributed by atoms with Gasteiger partial charge in [-0.3, -0.25) is 9.69 Å². The first kappa shape index (κ1) is 20.1. The SMILES string of the molecule is CC(c1ccc(C(F)(F)F)cc1)N1CCCC(CNC(=O)C2CCCN2)C1. The lowest BCUT2D eigenvalue weighted by atomic mass is 9.94. The Bertz CT molecular complexity index is 626. The van der Waals surface area contributed by atoms with Gasteiger partial charge in [0.1, 0.15) is 0 Å². The molecule has 2 fully saturated rings. The van der Waals surface area contributed by atoms with Crippen LogP contribution in [0, 0.1) is 5.92 Å². The van der Waals surface area contributed by atoms with Gasteiger partial charge in [-0.1, -0.05) is 12.1 Å². The van der Waals surface area contributed by atoms with Crippen molar-refractivity contribution in [3.8, 4) is 0 Å². The molecule has 3 rings (SSSR count). The smallest absolute Gasteiger partial charge is 0.354 e. The van der Waals surface area contributed by atoms with Crippen LogP contribution >= 0.6 is 0 Å². The van der Waals surface area contributed by atoms with Crippen LogP contribution in [0.2, 0.25) is 0 Å². The molecule has 0 radical (unpaired) electrons. The third-order valence-electron chi connectivity index (χ3n) is 5.76. The fourth-order valence-electron chi connectivity index (χ4n) is 4.05. The highest BCUT2D eigenvalue weighted by Crippen LogP contribution is 2.31. The van der Waals surface area contributed by atoms with Crippen molar-refractivity contribution in [2.45, 2.75) is 50.9 Å². The average Bonchev–Trinajstić information content (AvgIpc) is 3.20. The van der Waals surface area contributed by atoms with Gasteiger partial charge in [-0.15, -0.1) is 0 Å². The molecule has 3 atom stereocenters. The van der Waals surface area contributed by atoms with Gasteiger partial charge in [0.25, 0.3) is 0 Å². The number of carbonyl (C=O) groups is 1. The average molecular weight is 383 g/mol. The van der Waals surface area contributed by atoms with Crippen LogP contribution in [0.4, 0.5) is 13.2 Å². The molecular formula is C20H28F3N3O. The Morgan fingerprint density at radius 3 is 2.63 bits per heavy atom. The molecule has 1 aromatic carbocycles. The Morgan fingerprint density at radius 2 is 2.00 bits per heavy atom. The van der Waals surface area contributed by atoms with Crippen molar-refractivity contribution in [3.63, 3.8) is 0 Å². The minimum Gasteiger partial charge on any atom is -0.354 e. The predicted molar refractivity (Wildman–Crippen MR) is 98.2 cm³/mol. The number of hydrogen-bond donors (Lipinski definition) is 2. The predicted octanol–water partition coefficient (Wildman–Crippen LogP) is 3.35. The van der Waals surface area contributed by atoms with Crippen LogP contribution in [0.15, 0.2) is 24.3 Å². The summed E-state index contributed by atoms with van der Waals surface area (Å²) < 4.78 is 38.2. The molecule has 0 saturated carbocycles. The number of halogens is 3. The molecular weight excluding hydrogens is 355 g/mol. The Balaban J connectivity index is 1.53. The topological polar surface area (TPSA) is 44.4 Å². The summed E-state index contributed by atoms with van der Waals surface area (Å²) in [6, 6.07) is 5.46. The lowest BCUT2D eigenvalue weighted by Gasteiger charge is -2.37. The Labute approximate surface area is 158 Å². The van der Waals surface area contributed by atoms with E-state index in [0.717, 1.165) is 63.0 Å². The van der Waals surface area contributed by atoms with E-state index in [4.69, 9.17) is 0 Å². The van der Waals surface area contributed by atoms with Crippen LogP contribution in [0.3, 0.4) is 0 Å². The summed E-state index contributed by atoms with van der Waals surface area (Å²) in [4.78, 5) is 14.5. The van der Waals surface area contributed by atoms with Gasteiger partial charge in [0.2, 0.25) is 5.91 Å². The van der Waals surface area contributed by atoms with Crippen molar-refractivity contribution in [2.24, 2.45) is 5.92 Å². The molecule has 7 heteroatoms. The van der Waals surface area contributed by atoms with Crippen LogP contribution < -0.4 is 10.6 Å². The van der Waals surface area contributed by atoms with Crippen LogP contribution in [0.25, 0.3) is 0 Å². The number of rotatable bonds is 5. The number of nitrogens with zero attached hydrogens (tertiary/aromatic N) is 1. The van der Waals surface area contributed by atoms with Gasteiger partial charge in [-0.25, -0.2) is 0 Å². The Hall–Kier alpha value is -1.60. The summed E-state index contributed by atoms with van der Waals surface area (Å²) in [5.41, 5.74) is 0.279. The van der Waals surface area contributed by atoms with Crippen molar-refractivity contribution in [1.82, 2.24) is 15.5 Å². The minimum atomic E-state index is -4.30. The first-order valence-electron chi connectivity index (χ1n) is 9.77. The molecule has 150 valence electrons. The van der Waals surface area contributed by atoms with Crippen molar-refractivity contribution in [2.75, 3.05) is 26.2 Å². The van der Waals surface area contributed by atoms with E-state index in [9.17, 15) is 18.0 Å². The monoisotopic (exact) mass is 383 g/mol. The molecule has 0 spiro atoms. The third kappa shape index (κ3) is 5.23. The normalized spacial score (nSPS) is 25.3. The fourth-order valence-corrected chi connectivity index (χ4v) is 4.05. The fraction of sp³-hybridized carbons (Fsp3) is 0.650. The number of nitrogens with one attached hydrogen (secondary N) is 2. The second-order valence-electron chi connectivity index (χ2n) is 7.69. The summed E-state index contributed by atoms with van der Waals surface area (Å²) in [5, 5.41) is 6.27. The Morgan fingerprint density at radius 1 is 1.26 bits per heavy atom. The van der Waals surface area contributed by atoms with Crippen molar-refractivity contribution < 1.29 is 18.0 Å². The molecule has 2 aliphatic rings. The molecule has 2 heterocycles. The van der Waals surface area contributed by atoms with E-state index in [2.05, 4.69) is 15.5 Å². The number of amides is 1. The molecule has 27 heavy (non-hydrogen) atoms. The molecule has 2 N–H and O–H groups in total. The first-order valence-corrected chi connectivity index (χ1v) is 9.77. The van der Waals surface area contributed by atoms with E-state index in [1.54, 1.807) is 12.1 Å². The second kappa shape index (κ2) is 8.61. The number of carbonyl (C=O) groups excluding carboxylic acids is 1. The number of alkyl halides is 3. The van der Waals surface area contributed by atoms with Crippen LogP contribution in [0.1, 0.15) is 49.8 Å². The van der Waals surface area contributed by atoms with Crippen LogP contribution in [0.5, 0.6) is 0 Å². The summed E-state index contributed by atoms with van der Waals surface area (Å²) in [6.45, 7) is 5.37. The standard InChI is InChI=1S/C20H28F3N3O/c1-14(16-6-8-17(9-7-16)20(21,22)23)26-11-3-4-15(13-26)12-25-19(27)18-5-2-10-24-18/h6-9,14-15,18,24H,2-5,10-13H2,1H3,(H,25,27). The van der Waals surface area contributed by atoms with Gasteiger partial charge in [0, 0.05) is 19.1 Å². The van der Waals surface area contributed by atoms with E-state index in [1.165, 1.54) is 0 Å². The van der Waals surface area contributed by atoms with Gasteiger partial charge < -0.3 is 10.6 Å². The zero-order chi connectivity index (χ0) is 19.4. The highest BCUT2D eigenvalue weighted by atomic mass is 19.4. The van der Waals surface area contributed by atoms with Gasteiger partial charge >= 0.3 is 6.18 Å². The molecule has 2 saturated heterocycles. The lowest BCUT2D eigenvalue weighted by Crippen LogP contribution is -2.45. The highest BCUT2D eigenvalue weighted by molar-refractivity contribution is 5.81. The number of hydrogen-bond acceptors (Lipinski definition) is 3. The van der Waals surface area contributed by atoms with Gasteiger partial charge in [0.15, 0.2) is 0 Å². The number of piperidine rings is 1. The largest absolute Gasteiger partial charge is 0.416 e. The quantitative estimate of drug-likeness (QED) is 0.820. The molecule has 0 aromatic heterocycles. The van der Waals surface area contributed by atoms with E-state index < -0.39 is 11.7 Å². The molecule has 1 amide bonds. The molecule has 0 aliphatic carbocycles. The van der Waals surface area contributed by atoms with E-state index in [0.29, 0.717) is 12.5 Å². The van der Waals surface area contributed by atoms with Crippen molar-refractivity contribution in [1.29, 1.82) is 0 Å². The summed E-state index contributed by atoms with van der Waals surface area (Å²) in [6.07, 6.45) is -0.264. The van der Waals surface area contributed by atoms with Crippen LogP contribution in [-0.4, -0.2) is 43.0 Å². The van der Waals surface area contributed by atoms with Gasteiger partial charge in [0.05, 0.1) is 11.6 Å². The highest BCUT2D eigenvalue weighted by Gasteiger charge is 2.31. The zero-order valence-electron chi connectivity index (χ0n) is 15.7. The molecule has 0 bridgehead atoms. The first-order chi connectivity index (χ1) is 12.8. The Kier molecular flexibility index (Phi) is 6.42. The molecule has 1 aromatic rings. The van der Waals surface area contributed by atoms with Gasteiger partial charge in [-0.2, -0.15) is 13.2 Å². The molecule has 4 nitrogen and oxygen atoms in total. The number of benzene rings is 1. The number of likely N-dealkylation sites (tertiary alicyclic amines) is 1. The maximum Gasteiger partial charge on any atom is 0.416 e. The molecule has 3 unspecified atom stereocenters. The van der Waals surface area contributed by atoms with Crippen molar-refractivity contribution in [3.05, 3.63) is 35.4 Å². The lowest BCUT2D eigenvalue weighted by molar-refractivity contribution is -0.137. The van der Waals surface area contributed by atoms with Gasteiger partial charge in [-0.05, 0) is 69.3 Å². The van der Waals surface area contributed by atoms with Crippen molar-refractivity contribution >= 4 is 5.91 Å². The second-order valence-corrected chi connectivity index (χ2v) is 7.69. The minimum absolute atomic E-state index is 0.0577. The third-order valence-corrected chi connectivity index (χ3v) is 5.76. The maximum atomic E-state index is 12.7.